The van der Waals surface area contributed by atoms with E-state index in [9.17, 15) is 5.11 Å². The van der Waals surface area contributed by atoms with Crippen LogP contribution < -0.4 is 5.32 Å². The SMILES string of the molecule is CCNC(=NCc1ccc(O)cc1)N1CCC(CN2CCCC2)C1.I. The lowest BCUT2D eigenvalue weighted by Gasteiger charge is -2.23. The molecule has 6 heteroatoms. The molecule has 1 aromatic carbocycles. The molecular weight excluding hydrogens is 427 g/mol. The monoisotopic (exact) mass is 458 g/mol. The highest BCUT2D eigenvalue weighted by molar-refractivity contribution is 14.0. The summed E-state index contributed by atoms with van der Waals surface area (Å²) in [7, 11) is 0. The summed E-state index contributed by atoms with van der Waals surface area (Å²) < 4.78 is 0. The average molecular weight is 458 g/mol. The van der Waals surface area contributed by atoms with E-state index in [4.69, 9.17) is 4.99 Å². The maximum Gasteiger partial charge on any atom is 0.194 e. The highest BCUT2D eigenvalue weighted by atomic mass is 127. The lowest BCUT2D eigenvalue weighted by Crippen LogP contribution is -2.40. The van der Waals surface area contributed by atoms with Crippen molar-refractivity contribution >= 4 is 29.9 Å². The Labute approximate surface area is 168 Å². The molecule has 0 amide bonds. The summed E-state index contributed by atoms with van der Waals surface area (Å²) >= 11 is 0. The van der Waals surface area contributed by atoms with Gasteiger partial charge in [-0.2, -0.15) is 0 Å². The number of aromatic hydroxyl groups is 1. The third-order valence-corrected chi connectivity index (χ3v) is 4.98. The molecule has 2 heterocycles. The first-order valence-corrected chi connectivity index (χ1v) is 9.28. The maximum absolute atomic E-state index is 9.38. The zero-order valence-electron chi connectivity index (χ0n) is 15.2. The Hall–Kier alpha value is -1.02. The predicted molar refractivity (Wildman–Crippen MR) is 114 cm³/mol. The maximum atomic E-state index is 9.38. The average Bonchev–Trinajstić information content (AvgIpc) is 3.25. The highest BCUT2D eigenvalue weighted by Gasteiger charge is 2.27. The number of benzene rings is 1. The van der Waals surface area contributed by atoms with E-state index in [2.05, 4.69) is 22.0 Å². The Morgan fingerprint density at radius 1 is 1.20 bits per heavy atom. The highest BCUT2D eigenvalue weighted by Crippen LogP contribution is 2.20. The Kier molecular flexibility index (Phi) is 8.29. The first-order valence-electron chi connectivity index (χ1n) is 9.28. The number of halogens is 1. The van der Waals surface area contributed by atoms with Crippen molar-refractivity contribution in [3.05, 3.63) is 29.8 Å². The van der Waals surface area contributed by atoms with Crippen LogP contribution in [0.15, 0.2) is 29.3 Å². The number of hydrogen-bond acceptors (Lipinski definition) is 3. The molecule has 5 nitrogen and oxygen atoms in total. The fraction of sp³-hybridized carbons (Fsp3) is 0.632. The Bertz CT molecular complexity index is 543. The van der Waals surface area contributed by atoms with E-state index in [1.54, 1.807) is 12.1 Å². The van der Waals surface area contributed by atoms with Crippen molar-refractivity contribution < 1.29 is 5.11 Å². The molecule has 0 bridgehead atoms. The molecular formula is C19H31IN4O. The lowest BCUT2D eigenvalue weighted by molar-refractivity contribution is 0.281. The van der Waals surface area contributed by atoms with Crippen LogP contribution in [0.5, 0.6) is 5.75 Å². The topological polar surface area (TPSA) is 51.1 Å². The summed E-state index contributed by atoms with van der Waals surface area (Å²) in [5, 5.41) is 12.8. The number of hydrogen-bond donors (Lipinski definition) is 2. The van der Waals surface area contributed by atoms with Gasteiger partial charge >= 0.3 is 0 Å². The normalized spacial score (nSPS) is 21.4. The van der Waals surface area contributed by atoms with Crippen LogP contribution in [0.4, 0.5) is 0 Å². The van der Waals surface area contributed by atoms with Gasteiger partial charge in [-0.05, 0) is 62.9 Å². The fourth-order valence-electron chi connectivity index (χ4n) is 3.70. The van der Waals surface area contributed by atoms with E-state index < -0.39 is 0 Å². The zero-order valence-corrected chi connectivity index (χ0v) is 17.5. The minimum Gasteiger partial charge on any atom is -0.508 e. The van der Waals surface area contributed by atoms with Crippen molar-refractivity contribution in [2.75, 3.05) is 39.3 Å². The van der Waals surface area contributed by atoms with E-state index in [1.807, 2.05) is 12.1 Å². The number of nitrogens with zero attached hydrogens (tertiary/aromatic N) is 3. The minimum absolute atomic E-state index is 0. The van der Waals surface area contributed by atoms with Crippen molar-refractivity contribution in [2.45, 2.75) is 32.7 Å². The van der Waals surface area contributed by atoms with Gasteiger partial charge in [0, 0.05) is 26.2 Å². The van der Waals surface area contributed by atoms with E-state index in [0.29, 0.717) is 12.3 Å². The van der Waals surface area contributed by atoms with Gasteiger partial charge in [-0.3, -0.25) is 0 Å². The van der Waals surface area contributed by atoms with Crippen LogP contribution in [0.1, 0.15) is 31.7 Å². The van der Waals surface area contributed by atoms with Gasteiger partial charge in [0.2, 0.25) is 0 Å². The van der Waals surface area contributed by atoms with Gasteiger partial charge < -0.3 is 20.2 Å². The molecule has 0 aliphatic carbocycles. The standard InChI is InChI=1S/C19H30N4O.HI/c1-2-20-19(21-13-16-5-7-18(24)8-6-16)23-12-9-17(15-23)14-22-10-3-4-11-22;/h5-8,17,24H,2-4,9-15H2,1H3,(H,20,21);1H. The molecule has 0 saturated carbocycles. The van der Waals surface area contributed by atoms with Gasteiger partial charge in [0.25, 0.3) is 0 Å². The predicted octanol–water partition coefficient (Wildman–Crippen LogP) is 2.89. The first kappa shape index (κ1) is 20.3. The third kappa shape index (κ3) is 6.02. The smallest absolute Gasteiger partial charge is 0.194 e. The fourth-order valence-corrected chi connectivity index (χ4v) is 3.70. The van der Waals surface area contributed by atoms with Crippen LogP contribution in [0.25, 0.3) is 0 Å². The van der Waals surface area contributed by atoms with Crippen molar-refractivity contribution in [1.29, 1.82) is 0 Å². The molecule has 2 N–H and O–H groups in total. The van der Waals surface area contributed by atoms with Gasteiger partial charge in [-0.25, -0.2) is 4.99 Å². The van der Waals surface area contributed by atoms with Gasteiger partial charge in [-0.1, -0.05) is 12.1 Å². The molecule has 3 rings (SSSR count). The van der Waals surface area contributed by atoms with Gasteiger partial charge in [0.05, 0.1) is 6.54 Å². The number of aliphatic imine (C=N–C) groups is 1. The molecule has 0 spiro atoms. The molecule has 25 heavy (non-hydrogen) atoms. The number of likely N-dealkylation sites (tertiary alicyclic amines) is 2. The van der Waals surface area contributed by atoms with Crippen molar-refractivity contribution in [1.82, 2.24) is 15.1 Å². The molecule has 0 radical (unpaired) electrons. The number of phenols is 1. The molecule has 1 aromatic rings. The Morgan fingerprint density at radius 3 is 2.60 bits per heavy atom. The van der Waals surface area contributed by atoms with Crippen LogP contribution in [0.3, 0.4) is 0 Å². The molecule has 1 unspecified atom stereocenters. The lowest BCUT2D eigenvalue weighted by atomic mass is 10.1. The van der Waals surface area contributed by atoms with Crippen LogP contribution >= 0.6 is 24.0 Å². The van der Waals surface area contributed by atoms with Crippen LogP contribution in [0, 0.1) is 5.92 Å². The van der Waals surface area contributed by atoms with E-state index in [1.165, 1.54) is 38.9 Å². The quantitative estimate of drug-likeness (QED) is 0.405. The van der Waals surface area contributed by atoms with Crippen LogP contribution in [-0.4, -0.2) is 60.1 Å². The molecule has 2 saturated heterocycles. The molecule has 2 aliphatic heterocycles. The summed E-state index contributed by atoms with van der Waals surface area (Å²) in [6, 6.07) is 7.31. The van der Waals surface area contributed by atoms with E-state index in [0.717, 1.165) is 37.1 Å². The molecule has 140 valence electrons. The van der Waals surface area contributed by atoms with Crippen molar-refractivity contribution in [3.63, 3.8) is 0 Å². The number of phenolic OH excluding ortho intramolecular Hbond substituents is 1. The Morgan fingerprint density at radius 2 is 1.92 bits per heavy atom. The second-order valence-electron chi connectivity index (χ2n) is 6.95. The number of rotatable bonds is 5. The Balaban J connectivity index is 0.00000225. The minimum atomic E-state index is 0. The summed E-state index contributed by atoms with van der Waals surface area (Å²) in [5.41, 5.74) is 1.12. The van der Waals surface area contributed by atoms with E-state index >= 15 is 0 Å². The van der Waals surface area contributed by atoms with Gasteiger partial charge in [-0.15, -0.1) is 24.0 Å². The molecule has 2 aliphatic rings. The largest absolute Gasteiger partial charge is 0.508 e. The molecule has 1 atom stereocenters. The summed E-state index contributed by atoms with van der Waals surface area (Å²) in [6.07, 6.45) is 4.00. The molecule has 0 aromatic heterocycles. The van der Waals surface area contributed by atoms with Crippen molar-refractivity contribution in [2.24, 2.45) is 10.9 Å². The van der Waals surface area contributed by atoms with Crippen LogP contribution in [-0.2, 0) is 6.54 Å². The van der Waals surface area contributed by atoms with Gasteiger partial charge in [0.1, 0.15) is 5.75 Å². The summed E-state index contributed by atoms with van der Waals surface area (Å²) in [6.45, 7) is 9.67. The van der Waals surface area contributed by atoms with Crippen molar-refractivity contribution in [3.8, 4) is 5.75 Å². The van der Waals surface area contributed by atoms with Gasteiger partial charge in [0.15, 0.2) is 5.96 Å². The van der Waals surface area contributed by atoms with E-state index in [-0.39, 0.29) is 24.0 Å². The summed E-state index contributed by atoms with van der Waals surface area (Å²) in [4.78, 5) is 9.82. The molecule has 2 fully saturated rings. The van der Waals surface area contributed by atoms with Crippen LogP contribution in [0.2, 0.25) is 0 Å². The third-order valence-electron chi connectivity index (χ3n) is 4.98. The zero-order chi connectivity index (χ0) is 16.8. The number of nitrogens with one attached hydrogen (secondary N) is 1. The first-order chi connectivity index (χ1) is 11.7. The second kappa shape index (κ2) is 10.2. The second-order valence-corrected chi connectivity index (χ2v) is 6.95. The summed E-state index contributed by atoms with van der Waals surface area (Å²) in [5.74, 6) is 2.09. The number of guanidine groups is 1.